The molecule has 4 aromatic rings. The van der Waals surface area contributed by atoms with Gasteiger partial charge in [0.2, 0.25) is 5.88 Å². The maximum atomic E-state index is 9.22. The van der Waals surface area contributed by atoms with E-state index in [1.807, 2.05) is 42.5 Å². The van der Waals surface area contributed by atoms with Gasteiger partial charge in [-0.25, -0.2) is 4.98 Å². The number of hydrogen-bond donors (Lipinski definition) is 2. The van der Waals surface area contributed by atoms with Gasteiger partial charge in [-0.15, -0.1) is 0 Å². The van der Waals surface area contributed by atoms with Gasteiger partial charge in [0.15, 0.2) is 0 Å². The monoisotopic (exact) mass is 417 g/mol. The van der Waals surface area contributed by atoms with Crippen molar-refractivity contribution in [1.29, 1.82) is 5.41 Å². The van der Waals surface area contributed by atoms with Crippen LogP contribution in [0.1, 0.15) is 29.0 Å². The molecular weight excluding hydrogens is 398 g/mol. The summed E-state index contributed by atoms with van der Waals surface area (Å²) in [5, 5.41) is 20.8. The lowest BCUT2D eigenvalue weighted by Gasteiger charge is -2.30. The van der Waals surface area contributed by atoms with Crippen molar-refractivity contribution < 1.29 is 9.84 Å². The standard InChI is InChI=1S/C24H20ClN3O2/c25-19-9-4-3-8-17(19)20-18-11-10-15-6-1-2-7-16(15)22(18)30-24-21(20)23(26)28(14-27-24)12-5-13-29/h1-4,6-11,14,20,26,29H,5,12-13H2. The Bertz CT molecular complexity index is 1320. The summed E-state index contributed by atoms with van der Waals surface area (Å²) in [4.78, 5) is 4.54. The Morgan fingerprint density at radius 1 is 1.03 bits per heavy atom. The van der Waals surface area contributed by atoms with Gasteiger partial charge in [-0.1, -0.05) is 66.2 Å². The molecule has 3 aromatic carbocycles. The molecule has 150 valence electrons. The van der Waals surface area contributed by atoms with Gasteiger partial charge in [0, 0.05) is 35.0 Å². The first-order valence-corrected chi connectivity index (χ1v) is 10.3. The van der Waals surface area contributed by atoms with Crippen molar-refractivity contribution in [2.24, 2.45) is 0 Å². The van der Waals surface area contributed by atoms with Crippen LogP contribution >= 0.6 is 11.6 Å². The number of aliphatic hydroxyl groups excluding tert-OH is 1. The molecule has 5 nitrogen and oxygen atoms in total. The van der Waals surface area contributed by atoms with E-state index < -0.39 is 0 Å². The van der Waals surface area contributed by atoms with E-state index in [4.69, 9.17) is 21.7 Å². The molecule has 5 rings (SSSR count). The van der Waals surface area contributed by atoms with Crippen molar-refractivity contribution in [3.05, 3.63) is 94.2 Å². The predicted molar refractivity (Wildman–Crippen MR) is 116 cm³/mol. The molecule has 1 unspecified atom stereocenters. The molecule has 1 atom stereocenters. The Morgan fingerprint density at radius 3 is 2.67 bits per heavy atom. The van der Waals surface area contributed by atoms with Crippen LogP contribution in [0.25, 0.3) is 10.8 Å². The van der Waals surface area contributed by atoms with E-state index >= 15 is 0 Å². The second-order valence-corrected chi connectivity index (χ2v) is 7.75. The molecule has 0 saturated carbocycles. The molecule has 0 fully saturated rings. The van der Waals surface area contributed by atoms with Crippen LogP contribution in [0.2, 0.25) is 5.02 Å². The number of hydrogen-bond acceptors (Lipinski definition) is 4. The van der Waals surface area contributed by atoms with E-state index in [-0.39, 0.29) is 12.5 Å². The third-order valence-electron chi connectivity index (χ3n) is 5.57. The SMILES string of the molecule is N=c1c2c(ncn1CCCO)Oc1c(ccc3ccccc13)C2c1ccccc1Cl. The molecule has 0 amide bonds. The number of rotatable bonds is 4. The molecule has 6 heteroatoms. The first-order valence-electron chi connectivity index (χ1n) is 9.87. The van der Waals surface area contributed by atoms with E-state index in [9.17, 15) is 5.11 Å². The highest BCUT2D eigenvalue weighted by Crippen LogP contribution is 2.49. The third kappa shape index (κ3) is 2.98. The molecule has 1 aromatic heterocycles. The van der Waals surface area contributed by atoms with Gasteiger partial charge in [0.05, 0.1) is 5.56 Å². The second kappa shape index (κ2) is 7.59. The Morgan fingerprint density at radius 2 is 1.83 bits per heavy atom. The number of ether oxygens (including phenoxy) is 1. The second-order valence-electron chi connectivity index (χ2n) is 7.34. The van der Waals surface area contributed by atoms with Crippen molar-refractivity contribution in [1.82, 2.24) is 9.55 Å². The fourth-order valence-corrected chi connectivity index (χ4v) is 4.39. The van der Waals surface area contributed by atoms with E-state index in [1.54, 1.807) is 10.9 Å². The van der Waals surface area contributed by atoms with Crippen LogP contribution in [0.4, 0.5) is 0 Å². The van der Waals surface area contributed by atoms with Crippen LogP contribution in [-0.2, 0) is 6.54 Å². The maximum Gasteiger partial charge on any atom is 0.228 e. The quantitative estimate of drug-likeness (QED) is 0.439. The number of aryl methyl sites for hydroxylation is 1. The molecule has 2 N–H and O–H groups in total. The van der Waals surface area contributed by atoms with E-state index in [0.29, 0.717) is 34.9 Å². The summed E-state index contributed by atoms with van der Waals surface area (Å²) in [6.45, 7) is 0.568. The van der Waals surface area contributed by atoms with E-state index in [0.717, 1.165) is 27.6 Å². The highest BCUT2D eigenvalue weighted by atomic mass is 35.5. The zero-order valence-corrected chi connectivity index (χ0v) is 16.9. The Hall–Kier alpha value is -3.15. The highest BCUT2D eigenvalue weighted by Gasteiger charge is 2.34. The van der Waals surface area contributed by atoms with Crippen LogP contribution < -0.4 is 10.2 Å². The Labute approximate surface area is 178 Å². The normalized spacial score (nSPS) is 14.8. The van der Waals surface area contributed by atoms with Crippen molar-refractivity contribution >= 4 is 22.4 Å². The van der Waals surface area contributed by atoms with E-state index in [2.05, 4.69) is 23.2 Å². The Kier molecular flexibility index (Phi) is 4.77. The lowest BCUT2D eigenvalue weighted by Crippen LogP contribution is -2.30. The fourth-order valence-electron chi connectivity index (χ4n) is 4.14. The minimum atomic E-state index is -0.274. The number of halogens is 1. The zero-order chi connectivity index (χ0) is 20.7. The molecule has 30 heavy (non-hydrogen) atoms. The Balaban J connectivity index is 1.81. The third-order valence-corrected chi connectivity index (χ3v) is 5.91. The van der Waals surface area contributed by atoms with Crippen LogP contribution in [0, 0.1) is 5.41 Å². The summed E-state index contributed by atoms with van der Waals surface area (Å²) in [6, 6.07) is 19.9. The summed E-state index contributed by atoms with van der Waals surface area (Å²) in [7, 11) is 0. The van der Waals surface area contributed by atoms with Gasteiger partial charge < -0.3 is 14.4 Å². The lowest BCUT2D eigenvalue weighted by molar-refractivity contribution is 0.278. The minimum absolute atomic E-state index is 0.0583. The van der Waals surface area contributed by atoms with Gasteiger partial charge in [-0.05, 0) is 23.4 Å². The number of benzene rings is 3. The van der Waals surface area contributed by atoms with Gasteiger partial charge in [-0.2, -0.15) is 0 Å². The van der Waals surface area contributed by atoms with Gasteiger partial charge >= 0.3 is 0 Å². The summed E-state index contributed by atoms with van der Waals surface area (Å²) in [5.41, 5.74) is 2.88. The number of nitrogens with zero attached hydrogens (tertiary/aromatic N) is 2. The van der Waals surface area contributed by atoms with E-state index in [1.165, 1.54) is 0 Å². The molecular formula is C24H20ClN3O2. The van der Waals surface area contributed by atoms with Crippen molar-refractivity contribution in [3.8, 4) is 11.6 Å². The molecule has 0 bridgehead atoms. The van der Waals surface area contributed by atoms with Crippen LogP contribution in [-0.4, -0.2) is 21.3 Å². The van der Waals surface area contributed by atoms with Crippen molar-refractivity contribution in [3.63, 3.8) is 0 Å². The molecule has 2 heterocycles. The molecule has 1 aliphatic rings. The zero-order valence-electron chi connectivity index (χ0n) is 16.2. The first-order chi connectivity index (χ1) is 14.7. The highest BCUT2D eigenvalue weighted by molar-refractivity contribution is 6.31. The predicted octanol–water partition coefficient (Wildman–Crippen LogP) is 4.84. The summed E-state index contributed by atoms with van der Waals surface area (Å²) in [6.07, 6.45) is 2.16. The number of aromatic nitrogens is 2. The lowest BCUT2D eigenvalue weighted by atomic mass is 9.83. The van der Waals surface area contributed by atoms with Crippen LogP contribution in [0.3, 0.4) is 0 Å². The number of fused-ring (bicyclic) bond motifs is 4. The largest absolute Gasteiger partial charge is 0.438 e. The number of aliphatic hydroxyl groups is 1. The average Bonchev–Trinajstić information content (AvgIpc) is 2.78. The molecule has 0 saturated heterocycles. The summed E-state index contributed by atoms with van der Waals surface area (Å²) in [5.74, 6) is 0.906. The molecule has 0 aliphatic carbocycles. The van der Waals surface area contributed by atoms with Crippen molar-refractivity contribution in [2.45, 2.75) is 18.9 Å². The first kappa shape index (κ1) is 18.9. The summed E-state index contributed by atoms with van der Waals surface area (Å²) < 4.78 is 8.03. The molecule has 0 spiro atoms. The smallest absolute Gasteiger partial charge is 0.228 e. The van der Waals surface area contributed by atoms with Gasteiger partial charge in [0.1, 0.15) is 17.6 Å². The van der Waals surface area contributed by atoms with Gasteiger partial charge in [0.25, 0.3) is 0 Å². The summed E-state index contributed by atoms with van der Waals surface area (Å²) >= 11 is 6.62. The average molecular weight is 418 g/mol. The maximum absolute atomic E-state index is 9.22. The molecule has 0 radical (unpaired) electrons. The fraction of sp³-hybridized carbons (Fsp3) is 0.167. The van der Waals surface area contributed by atoms with Crippen molar-refractivity contribution in [2.75, 3.05) is 6.61 Å². The molecule has 1 aliphatic heterocycles. The minimum Gasteiger partial charge on any atom is -0.438 e. The topological polar surface area (TPSA) is 71.1 Å². The van der Waals surface area contributed by atoms with Gasteiger partial charge in [-0.3, -0.25) is 5.41 Å². The number of nitrogens with one attached hydrogen (secondary N) is 1. The van der Waals surface area contributed by atoms with Crippen LogP contribution in [0.15, 0.2) is 67.0 Å². The van der Waals surface area contributed by atoms with Crippen LogP contribution in [0.5, 0.6) is 11.6 Å².